The highest BCUT2D eigenvalue weighted by molar-refractivity contribution is 6.30. The van der Waals surface area contributed by atoms with Gasteiger partial charge in [-0.15, -0.1) is 0 Å². The first-order chi connectivity index (χ1) is 11.5. The molecule has 2 aromatic carbocycles. The Hall–Kier alpha value is -2.53. The first-order valence-electron chi connectivity index (χ1n) is 7.54. The standard InChI is InChI=1S/C18H19ClN2O3/c1-13-2-8-16(9-3-13)24-12-17(22)20-10-11-21-18(23)14-4-6-15(19)7-5-14/h2-9H,10-12H2,1H3,(H,20,22)(H,21,23). The Labute approximate surface area is 146 Å². The maximum absolute atomic E-state index is 11.8. The zero-order chi connectivity index (χ0) is 17.4. The van der Waals surface area contributed by atoms with Crippen LogP contribution >= 0.6 is 11.6 Å². The van der Waals surface area contributed by atoms with Crippen LogP contribution in [0.1, 0.15) is 15.9 Å². The molecule has 0 aromatic heterocycles. The molecule has 0 unspecified atom stereocenters. The van der Waals surface area contributed by atoms with Crippen LogP contribution in [0.15, 0.2) is 48.5 Å². The van der Waals surface area contributed by atoms with E-state index >= 15 is 0 Å². The SMILES string of the molecule is Cc1ccc(OCC(=O)NCCNC(=O)c2ccc(Cl)cc2)cc1. The van der Waals surface area contributed by atoms with Gasteiger partial charge in [-0.2, -0.15) is 0 Å². The second-order valence-corrected chi connectivity index (χ2v) is 5.65. The molecule has 0 radical (unpaired) electrons. The number of halogens is 1. The summed E-state index contributed by atoms with van der Waals surface area (Å²) in [7, 11) is 0. The molecule has 0 aliphatic heterocycles. The van der Waals surface area contributed by atoms with E-state index in [1.54, 1.807) is 24.3 Å². The van der Waals surface area contributed by atoms with Crippen LogP contribution in [0.5, 0.6) is 5.75 Å². The van der Waals surface area contributed by atoms with E-state index in [0.717, 1.165) is 5.56 Å². The quantitative estimate of drug-likeness (QED) is 0.757. The van der Waals surface area contributed by atoms with Crippen LogP contribution in [0.4, 0.5) is 0 Å². The summed E-state index contributed by atoms with van der Waals surface area (Å²) < 4.78 is 5.37. The fourth-order valence-electron chi connectivity index (χ4n) is 1.92. The van der Waals surface area contributed by atoms with Crippen molar-refractivity contribution in [3.63, 3.8) is 0 Å². The van der Waals surface area contributed by atoms with Gasteiger partial charge in [0, 0.05) is 23.7 Å². The second-order valence-electron chi connectivity index (χ2n) is 5.21. The fraction of sp³-hybridized carbons (Fsp3) is 0.222. The highest BCUT2D eigenvalue weighted by Crippen LogP contribution is 2.11. The minimum absolute atomic E-state index is 0.0613. The van der Waals surface area contributed by atoms with Crippen molar-refractivity contribution in [1.82, 2.24) is 10.6 Å². The van der Waals surface area contributed by atoms with Gasteiger partial charge in [0.2, 0.25) is 0 Å². The van der Waals surface area contributed by atoms with Gasteiger partial charge in [-0.1, -0.05) is 29.3 Å². The molecule has 0 spiro atoms. The molecule has 5 nitrogen and oxygen atoms in total. The van der Waals surface area contributed by atoms with Crippen LogP contribution in [-0.4, -0.2) is 31.5 Å². The molecule has 0 saturated carbocycles. The number of aryl methyl sites for hydroxylation is 1. The van der Waals surface area contributed by atoms with E-state index in [4.69, 9.17) is 16.3 Å². The molecule has 0 aliphatic rings. The lowest BCUT2D eigenvalue weighted by molar-refractivity contribution is -0.123. The molecular formula is C18H19ClN2O3. The van der Waals surface area contributed by atoms with Crippen LogP contribution in [0.2, 0.25) is 5.02 Å². The largest absolute Gasteiger partial charge is 0.484 e. The molecule has 0 bridgehead atoms. The maximum Gasteiger partial charge on any atom is 0.258 e. The number of amides is 2. The van der Waals surface area contributed by atoms with Gasteiger partial charge in [0.15, 0.2) is 6.61 Å². The topological polar surface area (TPSA) is 67.4 Å². The lowest BCUT2D eigenvalue weighted by Gasteiger charge is -2.09. The van der Waals surface area contributed by atoms with Crippen LogP contribution in [0.25, 0.3) is 0 Å². The maximum atomic E-state index is 11.8. The monoisotopic (exact) mass is 346 g/mol. The fourth-order valence-corrected chi connectivity index (χ4v) is 2.04. The number of benzene rings is 2. The van der Waals surface area contributed by atoms with Crippen LogP contribution < -0.4 is 15.4 Å². The number of hydrogen-bond acceptors (Lipinski definition) is 3. The van der Waals surface area contributed by atoms with Crippen molar-refractivity contribution in [2.24, 2.45) is 0 Å². The third kappa shape index (κ3) is 5.93. The van der Waals surface area contributed by atoms with Crippen LogP contribution in [0, 0.1) is 6.92 Å². The van der Waals surface area contributed by atoms with Crippen molar-refractivity contribution >= 4 is 23.4 Å². The Balaban J connectivity index is 1.63. The minimum atomic E-state index is -0.240. The summed E-state index contributed by atoms with van der Waals surface area (Å²) in [4.78, 5) is 23.5. The summed E-state index contributed by atoms with van der Waals surface area (Å²) in [5.74, 6) is 0.194. The van der Waals surface area contributed by atoms with E-state index < -0.39 is 0 Å². The van der Waals surface area contributed by atoms with Gasteiger partial charge in [-0.05, 0) is 43.3 Å². The smallest absolute Gasteiger partial charge is 0.258 e. The number of rotatable bonds is 7. The predicted molar refractivity (Wildman–Crippen MR) is 93.5 cm³/mol. The van der Waals surface area contributed by atoms with Crippen molar-refractivity contribution in [1.29, 1.82) is 0 Å². The molecule has 2 amide bonds. The summed E-state index contributed by atoms with van der Waals surface area (Å²) in [6.45, 7) is 2.58. The van der Waals surface area contributed by atoms with Crippen molar-refractivity contribution in [2.75, 3.05) is 19.7 Å². The summed E-state index contributed by atoms with van der Waals surface area (Å²) >= 11 is 5.77. The predicted octanol–water partition coefficient (Wildman–Crippen LogP) is 2.57. The normalized spacial score (nSPS) is 10.1. The zero-order valence-electron chi connectivity index (χ0n) is 13.3. The van der Waals surface area contributed by atoms with Gasteiger partial charge in [-0.25, -0.2) is 0 Å². The van der Waals surface area contributed by atoms with Gasteiger partial charge in [-0.3, -0.25) is 9.59 Å². The molecule has 0 saturated heterocycles. The summed E-state index contributed by atoms with van der Waals surface area (Å²) in [6.07, 6.45) is 0. The third-order valence-electron chi connectivity index (χ3n) is 3.23. The molecule has 126 valence electrons. The van der Waals surface area contributed by atoms with Crippen LogP contribution in [0.3, 0.4) is 0 Å². The van der Waals surface area contributed by atoms with Gasteiger partial charge in [0.1, 0.15) is 5.75 Å². The highest BCUT2D eigenvalue weighted by Gasteiger charge is 2.05. The summed E-state index contributed by atoms with van der Waals surface area (Å²) in [5.41, 5.74) is 1.65. The van der Waals surface area contributed by atoms with Crippen LogP contribution in [-0.2, 0) is 4.79 Å². The lowest BCUT2D eigenvalue weighted by atomic mass is 10.2. The Morgan fingerprint density at radius 3 is 2.25 bits per heavy atom. The zero-order valence-corrected chi connectivity index (χ0v) is 14.1. The van der Waals surface area contributed by atoms with Gasteiger partial charge in [0.25, 0.3) is 11.8 Å². The molecule has 2 rings (SSSR count). The molecule has 0 heterocycles. The second kappa shape index (κ2) is 8.93. The van der Waals surface area contributed by atoms with E-state index in [-0.39, 0.29) is 18.4 Å². The highest BCUT2D eigenvalue weighted by atomic mass is 35.5. The van der Waals surface area contributed by atoms with Gasteiger partial charge >= 0.3 is 0 Å². The molecule has 0 atom stereocenters. The van der Waals surface area contributed by atoms with E-state index in [1.807, 2.05) is 31.2 Å². The van der Waals surface area contributed by atoms with Crippen molar-refractivity contribution in [3.8, 4) is 5.75 Å². The molecule has 2 aromatic rings. The van der Waals surface area contributed by atoms with E-state index in [1.165, 1.54) is 0 Å². The van der Waals surface area contributed by atoms with Crippen molar-refractivity contribution in [3.05, 3.63) is 64.7 Å². The number of hydrogen-bond donors (Lipinski definition) is 2. The molecule has 2 N–H and O–H groups in total. The number of carbonyl (C=O) groups is 2. The summed E-state index contributed by atoms with van der Waals surface area (Å²) in [5, 5.41) is 5.97. The lowest BCUT2D eigenvalue weighted by Crippen LogP contribution is -2.36. The third-order valence-corrected chi connectivity index (χ3v) is 3.48. The van der Waals surface area contributed by atoms with E-state index in [2.05, 4.69) is 10.6 Å². The number of nitrogens with one attached hydrogen (secondary N) is 2. The first-order valence-corrected chi connectivity index (χ1v) is 7.92. The molecule has 0 aliphatic carbocycles. The Kier molecular flexibility index (Phi) is 6.63. The van der Waals surface area contributed by atoms with E-state index in [0.29, 0.717) is 29.4 Å². The minimum Gasteiger partial charge on any atom is -0.484 e. The van der Waals surface area contributed by atoms with Crippen molar-refractivity contribution < 1.29 is 14.3 Å². The number of carbonyl (C=O) groups excluding carboxylic acids is 2. The van der Waals surface area contributed by atoms with Gasteiger partial charge in [0.05, 0.1) is 0 Å². The number of ether oxygens (including phenoxy) is 1. The first kappa shape index (κ1) is 17.8. The van der Waals surface area contributed by atoms with E-state index in [9.17, 15) is 9.59 Å². The molecule has 6 heteroatoms. The van der Waals surface area contributed by atoms with Gasteiger partial charge < -0.3 is 15.4 Å². The average Bonchev–Trinajstić information content (AvgIpc) is 2.58. The molecule has 0 fully saturated rings. The average molecular weight is 347 g/mol. The van der Waals surface area contributed by atoms with Crippen molar-refractivity contribution in [2.45, 2.75) is 6.92 Å². The molecule has 24 heavy (non-hydrogen) atoms. The summed E-state index contributed by atoms with van der Waals surface area (Å²) in [6, 6.07) is 14.1. The Morgan fingerprint density at radius 1 is 0.958 bits per heavy atom. The molecular weight excluding hydrogens is 328 g/mol. The Morgan fingerprint density at radius 2 is 1.58 bits per heavy atom. The Bertz CT molecular complexity index is 684.